The summed E-state index contributed by atoms with van der Waals surface area (Å²) in [6.07, 6.45) is 3.25. The van der Waals surface area contributed by atoms with Crippen molar-refractivity contribution in [1.29, 1.82) is 0 Å². The first-order valence-corrected chi connectivity index (χ1v) is 6.21. The predicted molar refractivity (Wildman–Crippen MR) is 66.5 cm³/mol. The first-order valence-electron chi connectivity index (χ1n) is 6.21. The van der Waals surface area contributed by atoms with E-state index in [2.05, 4.69) is 4.98 Å². The number of carbonyl (C=O) groups is 2. The number of aliphatic hydroxyl groups excluding tert-OH is 1. The molecule has 2 rings (SSSR count). The Balaban J connectivity index is 2.01. The smallest absolute Gasteiger partial charge is 0.270 e. The van der Waals surface area contributed by atoms with E-state index < -0.39 is 0 Å². The minimum absolute atomic E-state index is 0.0510. The third-order valence-electron chi connectivity index (χ3n) is 3.43. The van der Waals surface area contributed by atoms with Crippen molar-refractivity contribution in [3.05, 3.63) is 23.5 Å². The van der Waals surface area contributed by atoms with Crippen LogP contribution in [-0.4, -0.2) is 46.4 Å². The molecule has 1 aromatic heterocycles. The lowest BCUT2D eigenvalue weighted by atomic mass is 10.1. The SMILES string of the molecule is CC(=O)c1c[nH]c(C(=O)N2CCC(CCO)C2)c1. The van der Waals surface area contributed by atoms with Gasteiger partial charge in [0.05, 0.1) is 0 Å². The Bertz CT molecular complexity index is 453. The standard InChI is InChI=1S/C13H18N2O3/c1-9(17)11-6-12(14-7-11)13(18)15-4-2-10(8-15)3-5-16/h6-7,10,14,16H,2-5,8H2,1H3. The fraction of sp³-hybridized carbons (Fsp3) is 0.538. The Hall–Kier alpha value is -1.62. The molecule has 1 aromatic rings. The van der Waals surface area contributed by atoms with E-state index in [1.165, 1.54) is 6.92 Å². The number of Topliss-reactive ketones (excluding diaryl/α,β-unsaturated/α-hetero) is 1. The van der Waals surface area contributed by atoms with E-state index in [0.29, 0.717) is 23.7 Å². The van der Waals surface area contributed by atoms with Gasteiger partial charge < -0.3 is 15.0 Å². The van der Waals surface area contributed by atoms with E-state index in [1.807, 2.05) is 0 Å². The second kappa shape index (κ2) is 5.35. The first-order chi connectivity index (χ1) is 8.61. The zero-order valence-electron chi connectivity index (χ0n) is 10.5. The number of nitrogens with one attached hydrogen (secondary N) is 1. The number of hydrogen-bond donors (Lipinski definition) is 2. The van der Waals surface area contributed by atoms with Crippen molar-refractivity contribution in [3.63, 3.8) is 0 Å². The van der Waals surface area contributed by atoms with Crippen LogP contribution < -0.4 is 0 Å². The van der Waals surface area contributed by atoms with Crippen LogP contribution in [0.3, 0.4) is 0 Å². The summed E-state index contributed by atoms with van der Waals surface area (Å²) in [6, 6.07) is 1.60. The van der Waals surface area contributed by atoms with Crippen LogP contribution in [0.5, 0.6) is 0 Å². The van der Waals surface area contributed by atoms with Gasteiger partial charge in [0.1, 0.15) is 5.69 Å². The molecular weight excluding hydrogens is 232 g/mol. The molecule has 1 fully saturated rings. The van der Waals surface area contributed by atoms with Crippen LogP contribution in [-0.2, 0) is 0 Å². The molecule has 5 nitrogen and oxygen atoms in total. The summed E-state index contributed by atoms with van der Waals surface area (Å²) in [6.45, 7) is 3.06. The molecule has 2 heterocycles. The Morgan fingerprint density at radius 3 is 2.94 bits per heavy atom. The van der Waals surface area contributed by atoms with Crippen LogP contribution in [0.2, 0.25) is 0 Å². The van der Waals surface area contributed by atoms with E-state index >= 15 is 0 Å². The molecule has 0 radical (unpaired) electrons. The highest BCUT2D eigenvalue weighted by atomic mass is 16.3. The van der Waals surface area contributed by atoms with E-state index in [4.69, 9.17) is 5.11 Å². The molecule has 1 saturated heterocycles. The van der Waals surface area contributed by atoms with Gasteiger partial charge in [-0.25, -0.2) is 0 Å². The molecule has 1 aliphatic heterocycles. The molecule has 1 unspecified atom stereocenters. The van der Waals surface area contributed by atoms with Crippen molar-refractivity contribution in [2.24, 2.45) is 5.92 Å². The molecule has 0 spiro atoms. The number of hydrogen-bond acceptors (Lipinski definition) is 3. The summed E-state index contributed by atoms with van der Waals surface area (Å²) in [5, 5.41) is 8.89. The molecule has 0 aromatic carbocycles. The summed E-state index contributed by atoms with van der Waals surface area (Å²) in [7, 11) is 0. The van der Waals surface area contributed by atoms with Crippen molar-refractivity contribution in [1.82, 2.24) is 9.88 Å². The van der Waals surface area contributed by atoms with Gasteiger partial charge in [-0.1, -0.05) is 0 Å². The number of likely N-dealkylation sites (tertiary alicyclic amines) is 1. The number of ketones is 1. The van der Waals surface area contributed by atoms with Gasteiger partial charge in [-0.05, 0) is 31.7 Å². The van der Waals surface area contributed by atoms with Gasteiger partial charge in [0, 0.05) is 31.5 Å². The third-order valence-corrected chi connectivity index (χ3v) is 3.43. The van der Waals surface area contributed by atoms with Crippen molar-refractivity contribution in [2.45, 2.75) is 19.8 Å². The molecule has 0 bridgehead atoms. The molecular formula is C13H18N2O3. The Morgan fingerprint density at radius 2 is 2.33 bits per heavy atom. The van der Waals surface area contributed by atoms with Crippen LogP contribution >= 0.6 is 0 Å². The summed E-state index contributed by atoms with van der Waals surface area (Å²) in [5.74, 6) is 0.272. The fourth-order valence-electron chi connectivity index (χ4n) is 2.33. The van der Waals surface area contributed by atoms with E-state index in [9.17, 15) is 9.59 Å². The van der Waals surface area contributed by atoms with Crippen LogP contribution in [0.15, 0.2) is 12.3 Å². The fourth-order valence-corrected chi connectivity index (χ4v) is 2.33. The minimum atomic E-state index is -0.0667. The monoisotopic (exact) mass is 250 g/mol. The van der Waals surface area contributed by atoms with Crippen molar-refractivity contribution in [3.8, 4) is 0 Å². The number of aromatic nitrogens is 1. The lowest BCUT2D eigenvalue weighted by Gasteiger charge is -2.15. The zero-order valence-corrected chi connectivity index (χ0v) is 10.5. The number of rotatable bonds is 4. The molecule has 18 heavy (non-hydrogen) atoms. The molecule has 1 amide bonds. The zero-order chi connectivity index (χ0) is 13.1. The maximum absolute atomic E-state index is 12.2. The quantitative estimate of drug-likeness (QED) is 0.785. The highest BCUT2D eigenvalue weighted by Crippen LogP contribution is 2.21. The van der Waals surface area contributed by atoms with Gasteiger partial charge in [-0.15, -0.1) is 0 Å². The van der Waals surface area contributed by atoms with Gasteiger partial charge in [0.2, 0.25) is 0 Å². The molecule has 1 aliphatic rings. The molecule has 5 heteroatoms. The van der Waals surface area contributed by atoms with Gasteiger partial charge in [0.15, 0.2) is 5.78 Å². The molecule has 98 valence electrons. The summed E-state index contributed by atoms with van der Waals surface area (Å²) in [4.78, 5) is 27.9. The molecule has 1 atom stereocenters. The normalized spacial score (nSPS) is 19.2. The Morgan fingerprint density at radius 1 is 1.56 bits per heavy atom. The van der Waals surface area contributed by atoms with E-state index in [1.54, 1.807) is 17.2 Å². The molecule has 2 N–H and O–H groups in total. The summed E-state index contributed by atoms with van der Waals surface area (Å²) >= 11 is 0. The Labute approximate surface area is 106 Å². The topological polar surface area (TPSA) is 73.4 Å². The maximum Gasteiger partial charge on any atom is 0.270 e. The summed E-state index contributed by atoms with van der Waals surface area (Å²) in [5.41, 5.74) is 0.995. The minimum Gasteiger partial charge on any atom is -0.396 e. The average molecular weight is 250 g/mol. The van der Waals surface area contributed by atoms with Crippen LogP contribution in [0.1, 0.15) is 40.6 Å². The lowest BCUT2D eigenvalue weighted by molar-refractivity contribution is 0.0779. The van der Waals surface area contributed by atoms with Gasteiger partial charge in [-0.2, -0.15) is 0 Å². The van der Waals surface area contributed by atoms with E-state index in [0.717, 1.165) is 19.4 Å². The number of nitrogens with zero attached hydrogens (tertiary/aromatic N) is 1. The number of H-pyrrole nitrogens is 1. The van der Waals surface area contributed by atoms with Crippen molar-refractivity contribution in [2.75, 3.05) is 19.7 Å². The molecule has 0 aliphatic carbocycles. The van der Waals surface area contributed by atoms with Gasteiger partial charge >= 0.3 is 0 Å². The summed E-state index contributed by atoms with van der Waals surface area (Å²) < 4.78 is 0. The second-order valence-corrected chi connectivity index (χ2v) is 4.78. The van der Waals surface area contributed by atoms with E-state index in [-0.39, 0.29) is 18.3 Å². The molecule has 0 saturated carbocycles. The predicted octanol–water partition coefficient (Wildman–Crippen LogP) is 1.06. The average Bonchev–Trinajstić information content (AvgIpc) is 2.97. The van der Waals surface area contributed by atoms with Gasteiger partial charge in [0.25, 0.3) is 5.91 Å². The van der Waals surface area contributed by atoms with Crippen LogP contribution in [0, 0.1) is 5.92 Å². The highest BCUT2D eigenvalue weighted by molar-refractivity contribution is 5.99. The Kier molecular flexibility index (Phi) is 3.81. The highest BCUT2D eigenvalue weighted by Gasteiger charge is 2.27. The third kappa shape index (κ3) is 2.61. The number of amides is 1. The van der Waals surface area contributed by atoms with Crippen molar-refractivity contribution < 1.29 is 14.7 Å². The number of aromatic amines is 1. The largest absolute Gasteiger partial charge is 0.396 e. The first kappa shape index (κ1) is 12.8. The maximum atomic E-state index is 12.2. The number of aliphatic hydroxyl groups is 1. The van der Waals surface area contributed by atoms with Gasteiger partial charge in [-0.3, -0.25) is 9.59 Å². The van der Waals surface area contributed by atoms with Crippen LogP contribution in [0.25, 0.3) is 0 Å². The van der Waals surface area contributed by atoms with Crippen molar-refractivity contribution >= 4 is 11.7 Å². The second-order valence-electron chi connectivity index (χ2n) is 4.78. The van der Waals surface area contributed by atoms with Crippen LogP contribution in [0.4, 0.5) is 0 Å². The lowest BCUT2D eigenvalue weighted by Crippen LogP contribution is -2.29. The number of carbonyl (C=O) groups excluding carboxylic acids is 2.